The molecule has 0 saturated carbocycles. The van der Waals surface area contributed by atoms with E-state index < -0.39 is 60.7 Å². The van der Waals surface area contributed by atoms with Crippen molar-refractivity contribution in [2.24, 2.45) is 0 Å². The zero-order valence-corrected chi connectivity index (χ0v) is 69.2. The Balaban J connectivity index is 0.000000443. The number of aryl methyl sites for hydroxylation is 2. The summed E-state index contributed by atoms with van der Waals surface area (Å²) in [7, 11) is -22.5. The second-order valence-electron chi connectivity index (χ2n) is 26.7. The third-order valence-electron chi connectivity index (χ3n) is 16.8. The quantitative estimate of drug-likeness (QED) is 0.0289. The summed E-state index contributed by atoms with van der Waals surface area (Å²) in [5.74, 6) is 2.86. The van der Waals surface area contributed by atoms with Gasteiger partial charge in [0.05, 0.1) is 45.3 Å². The smallest absolute Gasteiger partial charge is 0.261 e. The standard InChI is InChI=1S/C51H56.C28H28N2.6CH4O3S/c1-3-40(42-23-11-5-12-24-42)35-48(44-27-15-7-16-28-44)37-50(46-31-19-9-20-32-46)39-51(47-33-21-10-22-34-47)38-49(45-29-17-8-18-30-45)36-41(4-2)43-25-13-6-14-26-43;1-3-22-6-14-26(15-7-22)30-28-18-10-24(11-19-28)20-23-8-16-27(17-9-23)29-25-12-4-21(2)5-13-25;6*1-5(2,3)4/h5-34,40-41,48-51H,3-4,35-39H2,1-2H3;4-19,29-30H,3,20H2,1-2H3;6*1H3,(H,2,3,4)/p-2. The van der Waals surface area contributed by atoms with E-state index in [2.05, 4.69) is 317 Å². The minimum Gasteiger partial charge on any atom is -0.748 e. The van der Waals surface area contributed by atoms with Crippen LogP contribution in [0.4, 0.5) is 22.7 Å². The third kappa shape index (κ3) is 50.0. The van der Waals surface area contributed by atoms with Crippen molar-refractivity contribution in [3.63, 3.8) is 0 Å². The molecule has 0 aliphatic carbocycles. The van der Waals surface area contributed by atoms with Gasteiger partial charge in [0.2, 0.25) is 0 Å². The number of hydrogen-bond donors (Lipinski definition) is 6. The molecule has 6 atom stereocenters. The normalized spacial score (nSPS) is 12.9. The zero-order chi connectivity index (χ0) is 82.9. The summed E-state index contributed by atoms with van der Waals surface area (Å²) in [5.41, 5.74) is 18.5. The molecule has 10 rings (SSSR count). The van der Waals surface area contributed by atoms with Crippen molar-refractivity contribution >= 4 is 83.5 Å². The lowest BCUT2D eigenvalue weighted by Gasteiger charge is -2.33. The fourth-order valence-corrected chi connectivity index (χ4v) is 12.1. The molecule has 6 unspecified atom stereocenters. The van der Waals surface area contributed by atoms with Crippen molar-refractivity contribution in [3.8, 4) is 0 Å². The molecule has 0 spiro atoms. The maximum Gasteiger partial charge on any atom is 0.261 e. The van der Waals surface area contributed by atoms with E-state index in [9.17, 15) is 33.7 Å². The van der Waals surface area contributed by atoms with Crippen LogP contribution in [-0.2, 0) is 73.6 Å². The van der Waals surface area contributed by atoms with E-state index in [1.165, 1.54) is 55.6 Å². The van der Waals surface area contributed by atoms with Crippen LogP contribution in [0.5, 0.6) is 0 Å². The molecule has 0 radical (unpaired) electrons. The van der Waals surface area contributed by atoms with Gasteiger partial charge in [-0.15, -0.1) is 0 Å². The molecule has 0 aliphatic heterocycles. The maximum absolute atomic E-state index is 9.19. The van der Waals surface area contributed by atoms with Gasteiger partial charge in [-0.05, 0) is 199 Å². The van der Waals surface area contributed by atoms with E-state index in [1.807, 2.05) is 0 Å². The van der Waals surface area contributed by atoms with Gasteiger partial charge in [-0.25, -0.2) is 16.8 Å². The van der Waals surface area contributed by atoms with Gasteiger partial charge < -0.3 is 19.7 Å². The van der Waals surface area contributed by atoms with Gasteiger partial charge in [0, 0.05) is 35.3 Å². The lowest BCUT2D eigenvalue weighted by molar-refractivity contribution is 0.389. The van der Waals surface area contributed by atoms with Gasteiger partial charge in [-0.2, -0.15) is 33.7 Å². The van der Waals surface area contributed by atoms with Crippen LogP contribution in [0, 0.1) is 6.92 Å². The zero-order valence-electron chi connectivity index (χ0n) is 64.3. The van der Waals surface area contributed by atoms with E-state index in [1.54, 1.807) is 0 Å². The Bertz CT molecular complexity index is 4540. The first-order chi connectivity index (χ1) is 51.9. The fraction of sp³-hybridized carbons (Fsp3) is 0.294. The molecular weight excluding hydrogens is 1530 g/mol. The molecule has 0 bridgehead atoms. The Morgan fingerprint density at radius 3 is 0.613 bits per heavy atom. The first-order valence-corrected chi connectivity index (χ1v) is 46.6. The second kappa shape index (κ2) is 48.9. The predicted molar refractivity (Wildman–Crippen MR) is 449 cm³/mol. The maximum atomic E-state index is 9.19. The minimum atomic E-state index is -3.92. The van der Waals surface area contributed by atoms with E-state index >= 15 is 0 Å². The van der Waals surface area contributed by atoms with Crippen LogP contribution < -0.4 is 10.6 Å². The summed E-state index contributed by atoms with van der Waals surface area (Å²) in [5, 5.41) is 6.92. The highest BCUT2D eigenvalue weighted by molar-refractivity contribution is 7.86. The Morgan fingerprint density at radius 1 is 0.270 bits per heavy atom. The van der Waals surface area contributed by atoms with E-state index in [4.69, 9.17) is 44.2 Å². The SMILES string of the molecule is CCC(CC(CC(CC(CC(CC(CC)c1ccccc1)c1ccccc1)c1ccccc1)c1ccccc1)c1ccccc1)c1ccccc1.CCc1ccc(Nc2ccc(Cc3ccc(Nc4ccc(C)cc4)cc3)cc2)cc1.CS(=O)(=O)O.CS(=O)(=O)O.CS(=O)(=O)O.CS(=O)(=O)O.CS(=O)(=O)[O-].CS(=O)(=O)[O-]. The molecule has 0 saturated heterocycles. The summed E-state index contributed by atoms with van der Waals surface area (Å²) in [4.78, 5) is 0. The summed E-state index contributed by atoms with van der Waals surface area (Å²) >= 11 is 0. The van der Waals surface area contributed by atoms with Crippen LogP contribution in [0.2, 0.25) is 0 Å². The number of nitrogens with one attached hydrogen (secondary N) is 2. The number of benzene rings is 10. The topological polar surface area (TPSA) is 356 Å². The molecule has 0 aromatic heterocycles. The molecule has 0 aliphatic rings. The first-order valence-electron chi connectivity index (χ1n) is 35.6. The van der Waals surface area contributed by atoms with Crippen LogP contribution >= 0.6 is 0 Å². The van der Waals surface area contributed by atoms with Crippen LogP contribution in [0.1, 0.15) is 157 Å². The van der Waals surface area contributed by atoms with Crippen LogP contribution in [-0.4, -0.2) is 115 Å². The largest absolute Gasteiger partial charge is 0.748 e. The Kier molecular flexibility index (Phi) is 42.5. The van der Waals surface area contributed by atoms with Crippen molar-refractivity contribution < 1.29 is 77.8 Å². The highest BCUT2D eigenvalue weighted by atomic mass is 32.2. The summed E-state index contributed by atoms with van der Waals surface area (Å²) in [6, 6.07) is 103. The average Bonchev–Trinajstić information content (AvgIpc) is 0.853. The van der Waals surface area contributed by atoms with Crippen molar-refractivity contribution in [2.75, 3.05) is 48.2 Å². The highest BCUT2D eigenvalue weighted by Crippen LogP contribution is 2.46. The Morgan fingerprint density at radius 2 is 0.432 bits per heavy atom. The molecular formula is C85H106N2O18S6-2. The first kappa shape index (κ1) is 96.5. The van der Waals surface area contributed by atoms with E-state index in [0.29, 0.717) is 73.0 Å². The molecule has 0 fully saturated rings. The van der Waals surface area contributed by atoms with Gasteiger partial charge in [0.1, 0.15) is 0 Å². The van der Waals surface area contributed by atoms with Crippen molar-refractivity contribution in [1.29, 1.82) is 0 Å². The van der Waals surface area contributed by atoms with Crippen molar-refractivity contribution in [1.82, 2.24) is 0 Å². The molecule has 602 valence electrons. The number of rotatable bonds is 25. The van der Waals surface area contributed by atoms with E-state index in [-0.39, 0.29) is 0 Å². The van der Waals surface area contributed by atoms with Crippen molar-refractivity contribution in [2.45, 2.75) is 121 Å². The van der Waals surface area contributed by atoms with Crippen LogP contribution in [0.3, 0.4) is 0 Å². The van der Waals surface area contributed by atoms with Gasteiger partial charge in [-0.1, -0.05) is 257 Å². The Labute approximate surface area is 660 Å². The van der Waals surface area contributed by atoms with Gasteiger partial charge >= 0.3 is 0 Å². The van der Waals surface area contributed by atoms with Crippen LogP contribution in [0.15, 0.2) is 279 Å². The van der Waals surface area contributed by atoms with Gasteiger partial charge in [0.15, 0.2) is 0 Å². The lowest BCUT2D eigenvalue weighted by atomic mass is 9.72. The Hall–Kier alpha value is -8.74. The molecule has 0 amide bonds. The lowest BCUT2D eigenvalue weighted by Crippen LogP contribution is -2.16. The summed E-state index contributed by atoms with van der Waals surface area (Å²) in [6.45, 7) is 9.01. The number of hydrogen-bond acceptors (Lipinski definition) is 16. The van der Waals surface area contributed by atoms with Gasteiger partial charge in [0.25, 0.3) is 40.5 Å². The molecule has 6 N–H and O–H groups in total. The molecule has 26 heteroatoms. The predicted octanol–water partition coefficient (Wildman–Crippen LogP) is 18.4. The second-order valence-corrected chi connectivity index (χ2v) is 35.4. The molecule has 10 aromatic rings. The minimum absolute atomic E-state index is 0.433. The molecule has 111 heavy (non-hydrogen) atoms. The highest BCUT2D eigenvalue weighted by Gasteiger charge is 2.29. The average molecular weight is 1640 g/mol. The molecule has 0 heterocycles. The fourth-order valence-electron chi connectivity index (χ4n) is 12.1. The van der Waals surface area contributed by atoms with Crippen molar-refractivity contribution in [3.05, 3.63) is 335 Å². The van der Waals surface area contributed by atoms with Gasteiger partial charge in [-0.3, -0.25) is 18.2 Å². The number of anilines is 4. The van der Waals surface area contributed by atoms with Crippen LogP contribution in [0.25, 0.3) is 0 Å². The molecule has 10 aromatic carbocycles. The summed E-state index contributed by atoms with van der Waals surface area (Å²) in [6.07, 6.45) is 14.1. The monoisotopic (exact) mass is 1630 g/mol. The third-order valence-corrected chi connectivity index (χ3v) is 16.8. The summed E-state index contributed by atoms with van der Waals surface area (Å²) < 4.78 is 158. The van der Waals surface area contributed by atoms with E-state index in [0.717, 1.165) is 80.5 Å². The molecule has 20 nitrogen and oxygen atoms in total.